The molecule has 1 aromatic carbocycles. The lowest BCUT2D eigenvalue weighted by Gasteiger charge is -2.06. The lowest BCUT2D eigenvalue weighted by atomic mass is 10.0. The Morgan fingerprint density at radius 3 is 2.67 bits per heavy atom. The molecule has 0 fully saturated rings. The molecule has 0 amide bonds. The van der Waals surface area contributed by atoms with Crippen molar-refractivity contribution in [1.82, 2.24) is 0 Å². The van der Waals surface area contributed by atoms with Gasteiger partial charge in [0, 0.05) is 5.57 Å². The van der Waals surface area contributed by atoms with Crippen LogP contribution in [-0.2, 0) is 4.79 Å². The van der Waals surface area contributed by atoms with Crippen molar-refractivity contribution in [1.29, 1.82) is 0 Å². The molecular formula is C11H12ClNO2. The van der Waals surface area contributed by atoms with E-state index in [0.29, 0.717) is 10.7 Å². The SMILES string of the molecule is CC(=Cc1ccc(Cl)c(N)c1C)C(=O)O. The van der Waals surface area contributed by atoms with E-state index in [9.17, 15) is 4.79 Å². The van der Waals surface area contributed by atoms with Gasteiger partial charge < -0.3 is 10.8 Å². The van der Waals surface area contributed by atoms with Crippen molar-refractivity contribution in [2.24, 2.45) is 0 Å². The van der Waals surface area contributed by atoms with Crippen molar-refractivity contribution >= 4 is 29.3 Å². The molecule has 1 rings (SSSR count). The van der Waals surface area contributed by atoms with Crippen LogP contribution in [0.25, 0.3) is 6.08 Å². The van der Waals surface area contributed by atoms with Gasteiger partial charge in [-0.1, -0.05) is 17.7 Å². The molecule has 0 saturated heterocycles. The van der Waals surface area contributed by atoms with E-state index >= 15 is 0 Å². The van der Waals surface area contributed by atoms with Crippen molar-refractivity contribution < 1.29 is 9.90 Å². The molecular weight excluding hydrogens is 214 g/mol. The molecule has 0 atom stereocenters. The first-order valence-electron chi connectivity index (χ1n) is 4.39. The molecule has 0 bridgehead atoms. The Hall–Kier alpha value is -1.48. The third-order valence-corrected chi connectivity index (χ3v) is 2.54. The molecule has 3 nitrogen and oxygen atoms in total. The van der Waals surface area contributed by atoms with Gasteiger partial charge in [-0.3, -0.25) is 0 Å². The molecule has 15 heavy (non-hydrogen) atoms. The molecule has 3 N–H and O–H groups in total. The first kappa shape index (κ1) is 11.6. The van der Waals surface area contributed by atoms with E-state index in [-0.39, 0.29) is 5.57 Å². The number of benzene rings is 1. The molecule has 0 unspecified atom stereocenters. The molecule has 0 aliphatic rings. The van der Waals surface area contributed by atoms with Crippen molar-refractivity contribution in [3.05, 3.63) is 33.9 Å². The van der Waals surface area contributed by atoms with Gasteiger partial charge in [-0.25, -0.2) is 4.79 Å². The highest BCUT2D eigenvalue weighted by Gasteiger charge is 2.06. The Labute approximate surface area is 93.2 Å². The number of halogens is 1. The molecule has 0 spiro atoms. The third kappa shape index (κ3) is 2.50. The Morgan fingerprint density at radius 1 is 1.53 bits per heavy atom. The zero-order chi connectivity index (χ0) is 11.6. The molecule has 0 aromatic heterocycles. The molecule has 80 valence electrons. The van der Waals surface area contributed by atoms with Crippen LogP contribution in [0, 0.1) is 6.92 Å². The number of aliphatic carboxylic acids is 1. The second kappa shape index (κ2) is 4.36. The molecule has 0 radical (unpaired) electrons. The topological polar surface area (TPSA) is 63.3 Å². The maximum absolute atomic E-state index is 10.6. The summed E-state index contributed by atoms with van der Waals surface area (Å²) < 4.78 is 0. The van der Waals surface area contributed by atoms with Gasteiger partial charge in [0.05, 0.1) is 10.7 Å². The van der Waals surface area contributed by atoms with Crippen LogP contribution >= 0.6 is 11.6 Å². The van der Waals surface area contributed by atoms with Crippen LogP contribution in [0.2, 0.25) is 5.02 Å². The predicted octanol–water partition coefficient (Wildman–Crippen LogP) is 2.72. The van der Waals surface area contributed by atoms with E-state index in [1.807, 2.05) is 6.92 Å². The lowest BCUT2D eigenvalue weighted by Crippen LogP contribution is -1.98. The predicted molar refractivity (Wildman–Crippen MR) is 61.9 cm³/mol. The van der Waals surface area contributed by atoms with Crippen LogP contribution in [0.5, 0.6) is 0 Å². The summed E-state index contributed by atoms with van der Waals surface area (Å²) in [6.45, 7) is 3.34. The monoisotopic (exact) mass is 225 g/mol. The smallest absolute Gasteiger partial charge is 0.331 e. The van der Waals surface area contributed by atoms with Gasteiger partial charge in [-0.2, -0.15) is 0 Å². The number of hydrogen-bond acceptors (Lipinski definition) is 2. The molecule has 0 aliphatic heterocycles. The van der Waals surface area contributed by atoms with Crippen LogP contribution in [0.3, 0.4) is 0 Å². The van der Waals surface area contributed by atoms with Crippen molar-refractivity contribution in [3.63, 3.8) is 0 Å². The van der Waals surface area contributed by atoms with Gasteiger partial charge in [0.25, 0.3) is 0 Å². The van der Waals surface area contributed by atoms with Gasteiger partial charge >= 0.3 is 5.97 Å². The molecule has 0 aliphatic carbocycles. The van der Waals surface area contributed by atoms with E-state index in [1.165, 1.54) is 6.92 Å². The average Bonchev–Trinajstić information content (AvgIpc) is 2.18. The minimum absolute atomic E-state index is 0.264. The fourth-order valence-corrected chi connectivity index (χ4v) is 1.37. The van der Waals surface area contributed by atoms with Crippen LogP contribution in [0.4, 0.5) is 5.69 Å². The van der Waals surface area contributed by atoms with Gasteiger partial charge in [-0.05, 0) is 37.1 Å². The van der Waals surface area contributed by atoms with Gasteiger partial charge in [0.1, 0.15) is 0 Å². The third-order valence-electron chi connectivity index (χ3n) is 2.21. The van der Waals surface area contributed by atoms with Crippen molar-refractivity contribution in [3.8, 4) is 0 Å². The summed E-state index contributed by atoms with van der Waals surface area (Å²) >= 11 is 5.82. The van der Waals surface area contributed by atoms with Gasteiger partial charge in [0.2, 0.25) is 0 Å². The van der Waals surface area contributed by atoms with Crippen LogP contribution in [-0.4, -0.2) is 11.1 Å². The lowest BCUT2D eigenvalue weighted by molar-refractivity contribution is -0.132. The van der Waals surface area contributed by atoms with E-state index in [2.05, 4.69) is 0 Å². The van der Waals surface area contributed by atoms with Crippen LogP contribution < -0.4 is 5.73 Å². The number of carbonyl (C=O) groups is 1. The van der Waals surface area contributed by atoms with E-state index in [1.54, 1.807) is 18.2 Å². The van der Waals surface area contributed by atoms with E-state index in [4.69, 9.17) is 22.4 Å². The maximum Gasteiger partial charge on any atom is 0.331 e. The number of hydrogen-bond donors (Lipinski definition) is 2. The Balaban J connectivity index is 3.23. The fraction of sp³-hybridized carbons (Fsp3) is 0.182. The molecule has 1 aromatic rings. The zero-order valence-corrected chi connectivity index (χ0v) is 9.30. The Kier molecular flexibility index (Phi) is 3.37. The minimum atomic E-state index is -0.942. The van der Waals surface area contributed by atoms with Crippen molar-refractivity contribution in [2.75, 3.05) is 5.73 Å². The fourth-order valence-electron chi connectivity index (χ4n) is 1.16. The molecule has 4 heteroatoms. The summed E-state index contributed by atoms with van der Waals surface area (Å²) in [5.41, 5.74) is 8.05. The largest absolute Gasteiger partial charge is 0.478 e. The summed E-state index contributed by atoms with van der Waals surface area (Å²) in [6.07, 6.45) is 1.57. The average molecular weight is 226 g/mol. The van der Waals surface area contributed by atoms with Crippen LogP contribution in [0.15, 0.2) is 17.7 Å². The highest BCUT2D eigenvalue weighted by Crippen LogP contribution is 2.26. The zero-order valence-electron chi connectivity index (χ0n) is 8.54. The number of anilines is 1. The number of rotatable bonds is 2. The molecule has 0 saturated carbocycles. The van der Waals surface area contributed by atoms with E-state index in [0.717, 1.165) is 11.1 Å². The second-order valence-electron chi connectivity index (χ2n) is 3.31. The van der Waals surface area contributed by atoms with Gasteiger partial charge in [0.15, 0.2) is 0 Å². The number of nitrogens with two attached hydrogens (primary N) is 1. The van der Waals surface area contributed by atoms with E-state index < -0.39 is 5.97 Å². The standard InChI is InChI=1S/C11H12ClNO2/c1-6(11(14)15)5-8-3-4-9(12)10(13)7(8)2/h3-5H,13H2,1-2H3,(H,14,15). The Morgan fingerprint density at radius 2 is 2.13 bits per heavy atom. The summed E-state index contributed by atoms with van der Waals surface area (Å²) in [6, 6.07) is 3.41. The summed E-state index contributed by atoms with van der Waals surface area (Å²) in [5, 5.41) is 9.22. The first-order valence-corrected chi connectivity index (χ1v) is 4.77. The highest BCUT2D eigenvalue weighted by molar-refractivity contribution is 6.33. The minimum Gasteiger partial charge on any atom is -0.478 e. The summed E-state index contributed by atoms with van der Waals surface area (Å²) in [7, 11) is 0. The summed E-state index contributed by atoms with van der Waals surface area (Å²) in [4.78, 5) is 10.6. The molecule has 0 heterocycles. The maximum atomic E-state index is 10.6. The van der Waals surface area contributed by atoms with Gasteiger partial charge in [-0.15, -0.1) is 0 Å². The van der Waals surface area contributed by atoms with Crippen LogP contribution in [0.1, 0.15) is 18.1 Å². The van der Waals surface area contributed by atoms with Crippen molar-refractivity contribution in [2.45, 2.75) is 13.8 Å². The normalized spacial score (nSPS) is 11.5. The second-order valence-corrected chi connectivity index (χ2v) is 3.71. The summed E-state index contributed by atoms with van der Waals surface area (Å²) in [5.74, 6) is -0.942. The number of carboxylic acid groups (broad SMARTS) is 1. The quantitative estimate of drug-likeness (QED) is 0.601. The first-order chi connectivity index (χ1) is 6.93. The highest BCUT2D eigenvalue weighted by atomic mass is 35.5. The Bertz CT molecular complexity index is 438. The number of carboxylic acids is 1. The number of nitrogen functional groups attached to an aromatic ring is 1.